The summed E-state index contributed by atoms with van der Waals surface area (Å²) in [5.41, 5.74) is 8.52. The fraction of sp³-hybridized carbons (Fsp3) is 0.0435. The summed E-state index contributed by atoms with van der Waals surface area (Å²) < 4.78 is 1.75. The Morgan fingerprint density at radius 3 is 2.67 bits per heavy atom. The van der Waals surface area contributed by atoms with Crippen LogP contribution in [0.4, 0.5) is 0 Å². The van der Waals surface area contributed by atoms with Gasteiger partial charge in [0.05, 0.1) is 11.9 Å². The van der Waals surface area contributed by atoms with E-state index in [1.807, 2.05) is 30.5 Å². The predicted octanol–water partition coefficient (Wildman–Crippen LogP) is 3.50. The number of carbonyl (C=O) groups excluding carboxylic acids is 1. The van der Waals surface area contributed by atoms with Crippen LogP contribution in [0, 0.1) is 0 Å². The number of H-pyrrole nitrogens is 1. The Morgan fingerprint density at radius 1 is 1.00 bits per heavy atom. The van der Waals surface area contributed by atoms with E-state index in [1.165, 1.54) is 0 Å². The van der Waals surface area contributed by atoms with E-state index in [0.717, 1.165) is 33.4 Å². The molecule has 3 aromatic carbocycles. The molecule has 0 aliphatic heterocycles. The molecule has 5 rings (SSSR count). The SMILES string of the molecule is NC(=O)c1cccc(-n2nc(-c3ccc4ccccc4c3)nc2Cc2cn[nH]c2)c1. The highest BCUT2D eigenvalue weighted by Gasteiger charge is 2.15. The number of hydrogen-bond acceptors (Lipinski definition) is 4. The number of rotatable bonds is 5. The highest BCUT2D eigenvalue weighted by Crippen LogP contribution is 2.24. The highest BCUT2D eigenvalue weighted by atomic mass is 16.1. The fourth-order valence-corrected chi connectivity index (χ4v) is 3.46. The van der Waals surface area contributed by atoms with Gasteiger partial charge >= 0.3 is 0 Å². The molecule has 2 aromatic heterocycles. The molecule has 2 heterocycles. The van der Waals surface area contributed by atoms with E-state index in [-0.39, 0.29) is 0 Å². The third kappa shape index (κ3) is 3.33. The highest BCUT2D eigenvalue weighted by molar-refractivity contribution is 5.93. The van der Waals surface area contributed by atoms with Gasteiger partial charge in [0.1, 0.15) is 5.82 Å². The minimum absolute atomic E-state index is 0.421. The van der Waals surface area contributed by atoms with E-state index in [2.05, 4.69) is 34.5 Å². The van der Waals surface area contributed by atoms with Crippen molar-refractivity contribution in [2.75, 3.05) is 0 Å². The van der Waals surface area contributed by atoms with Gasteiger partial charge < -0.3 is 5.73 Å². The quantitative estimate of drug-likeness (QED) is 0.476. The van der Waals surface area contributed by atoms with Gasteiger partial charge in [0.25, 0.3) is 0 Å². The Labute approximate surface area is 172 Å². The van der Waals surface area contributed by atoms with Crippen LogP contribution in [0.1, 0.15) is 21.7 Å². The molecule has 7 heteroatoms. The van der Waals surface area contributed by atoms with Crippen LogP contribution < -0.4 is 5.73 Å². The van der Waals surface area contributed by atoms with Crippen molar-refractivity contribution < 1.29 is 4.79 Å². The molecule has 0 saturated heterocycles. The third-order valence-electron chi connectivity index (χ3n) is 4.97. The lowest BCUT2D eigenvalue weighted by atomic mass is 10.1. The molecule has 0 aliphatic carbocycles. The van der Waals surface area contributed by atoms with E-state index >= 15 is 0 Å². The lowest BCUT2D eigenvalue weighted by Gasteiger charge is -2.06. The summed E-state index contributed by atoms with van der Waals surface area (Å²) in [6, 6.07) is 21.4. The van der Waals surface area contributed by atoms with Crippen LogP contribution in [-0.2, 0) is 6.42 Å². The number of fused-ring (bicyclic) bond motifs is 1. The van der Waals surface area contributed by atoms with Gasteiger partial charge in [-0.15, -0.1) is 5.10 Å². The molecule has 0 radical (unpaired) electrons. The maximum absolute atomic E-state index is 11.6. The summed E-state index contributed by atoms with van der Waals surface area (Å²) in [4.78, 5) is 16.4. The monoisotopic (exact) mass is 394 g/mol. The average molecular weight is 394 g/mol. The van der Waals surface area contributed by atoms with Gasteiger partial charge in [0.15, 0.2) is 5.82 Å². The summed E-state index contributed by atoms with van der Waals surface area (Å²) in [5, 5.41) is 13.9. The number of aromatic nitrogens is 5. The molecule has 7 nitrogen and oxygen atoms in total. The standard InChI is InChI=1S/C23H18N6O/c24-22(30)18-6-3-7-20(12-18)29-21(10-15-13-25-26-14-15)27-23(28-29)19-9-8-16-4-1-2-5-17(16)11-19/h1-9,11-14H,10H2,(H2,24,30)(H,25,26). The van der Waals surface area contributed by atoms with Crippen LogP contribution in [0.2, 0.25) is 0 Å². The molecular formula is C23H18N6O. The molecule has 0 saturated carbocycles. The number of benzene rings is 3. The van der Waals surface area contributed by atoms with E-state index in [1.54, 1.807) is 29.1 Å². The lowest BCUT2D eigenvalue weighted by molar-refractivity contribution is 0.1000. The molecule has 0 spiro atoms. The van der Waals surface area contributed by atoms with E-state index in [9.17, 15) is 4.79 Å². The van der Waals surface area contributed by atoms with Crippen molar-refractivity contribution in [3.05, 3.63) is 96.1 Å². The van der Waals surface area contributed by atoms with Gasteiger partial charge in [0, 0.05) is 23.7 Å². The summed E-state index contributed by atoms with van der Waals surface area (Å²) in [5.74, 6) is 0.869. The number of nitrogens with two attached hydrogens (primary N) is 1. The van der Waals surface area contributed by atoms with E-state index < -0.39 is 5.91 Å². The number of carbonyl (C=O) groups is 1. The predicted molar refractivity (Wildman–Crippen MR) is 114 cm³/mol. The van der Waals surface area contributed by atoms with Crippen molar-refractivity contribution in [1.29, 1.82) is 0 Å². The number of primary amides is 1. The summed E-state index contributed by atoms with van der Waals surface area (Å²) >= 11 is 0. The van der Waals surface area contributed by atoms with Gasteiger partial charge in [-0.05, 0) is 40.6 Å². The first-order chi connectivity index (χ1) is 14.7. The molecule has 0 aliphatic rings. The summed E-state index contributed by atoms with van der Waals surface area (Å²) in [6.45, 7) is 0. The smallest absolute Gasteiger partial charge is 0.248 e. The molecule has 0 unspecified atom stereocenters. The van der Waals surface area contributed by atoms with Crippen molar-refractivity contribution in [2.24, 2.45) is 5.73 Å². The van der Waals surface area contributed by atoms with Crippen LogP contribution in [0.3, 0.4) is 0 Å². The van der Waals surface area contributed by atoms with Gasteiger partial charge in [-0.2, -0.15) is 5.10 Å². The molecule has 5 aromatic rings. The van der Waals surface area contributed by atoms with Gasteiger partial charge in [-0.1, -0.05) is 42.5 Å². The second-order valence-corrected chi connectivity index (χ2v) is 7.02. The fourth-order valence-electron chi connectivity index (χ4n) is 3.46. The van der Waals surface area contributed by atoms with Crippen LogP contribution in [0.15, 0.2) is 79.1 Å². The van der Waals surface area contributed by atoms with Crippen molar-refractivity contribution in [1.82, 2.24) is 25.0 Å². The Kier molecular flexibility index (Phi) is 4.33. The minimum atomic E-state index is -0.483. The van der Waals surface area contributed by atoms with E-state index in [0.29, 0.717) is 17.8 Å². The number of nitrogens with one attached hydrogen (secondary N) is 1. The Morgan fingerprint density at radius 2 is 1.87 bits per heavy atom. The second kappa shape index (κ2) is 7.29. The maximum Gasteiger partial charge on any atom is 0.248 e. The average Bonchev–Trinajstić information content (AvgIpc) is 3.44. The zero-order valence-electron chi connectivity index (χ0n) is 16.0. The van der Waals surface area contributed by atoms with Gasteiger partial charge in [-0.3, -0.25) is 9.89 Å². The van der Waals surface area contributed by atoms with Crippen molar-refractivity contribution >= 4 is 16.7 Å². The number of nitrogens with zero attached hydrogens (tertiary/aromatic N) is 4. The Hall–Kier alpha value is -4.26. The summed E-state index contributed by atoms with van der Waals surface area (Å²) in [6.07, 6.45) is 4.13. The molecule has 30 heavy (non-hydrogen) atoms. The maximum atomic E-state index is 11.6. The molecular weight excluding hydrogens is 376 g/mol. The van der Waals surface area contributed by atoms with Crippen LogP contribution in [-0.4, -0.2) is 30.9 Å². The Bertz CT molecular complexity index is 1350. The van der Waals surface area contributed by atoms with Crippen molar-refractivity contribution in [2.45, 2.75) is 6.42 Å². The summed E-state index contributed by atoms with van der Waals surface area (Å²) in [7, 11) is 0. The van der Waals surface area contributed by atoms with Crippen LogP contribution >= 0.6 is 0 Å². The number of amides is 1. The van der Waals surface area contributed by atoms with Crippen LogP contribution in [0.5, 0.6) is 0 Å². The lowest BCUT2D eigenvalue weighted by Crippen LogP contribution is -2.12. The molecule has 0 atom stereocenters. The normalized spacial score (nSPS) is 11.1. The first kappa shape index (κ1) is 17.8. The largest absolute Gasteiger partial charge is 0.366 e. The topological polar surface area (TPSA) is 102 Å². The number of hydrogen-bond donors (Lipinski definition) is 2. The zero-order chi connectivity index (χ0) is 20.5. The molecule has 0 bridgehead atoms. The number of aromatic amines is 1. The molecule has 3 N–H and O–H groups in total. The molecule has 0 fully saturated rings. The van der Waals surface area contributed by atoms with Gasteiger partial charge in [0.2, 0.25) is 5.91 Å². The second-order valence-electron chi connectivity index (χ2n) is 7.02. The Balaban J connectivity index is 1.63. The minimum Gasteiger partial charge on any atom is -0.366 e. The first-order valence-corrected chi connectivity index (χ1v) is 9.50. The third-order valence-corrected chi connectivity index (χ3v) is 4.97. The molecule has 1 amide bonds. The zero-order valence-corrected chi connectivity index (χ0v) is 16.0. The van der Waals surface area contributed by atoms with Crippen LogP contribution in [0.25, 0.3) is 27.8 Å². The first-order valence-electron chi connectivity index (χ1n) is 9.50. The molecule has 146 valence electrons. The van der Waals surface area contributed by atoms with Gasteiger partial charge in [-0.25, -0.2) is 9.67 Å². The van der Waals surface area contributed by atoms with Crippen molar-refractivity contribution in [3.63, 3.8) is 0 Å². The van der Waals surface area contributed by atoms with E-state index in [4.69, 9.17) is 15.8 Å². The van der Waals surface area contributed by atoms with Crippen molar-refractivity contribution in [3.8, 4) is 17.1 Å².